The van der Waals surface area contributed by atoms with E-state index in [4.69, 9.17) is 16.7 Å². The van der Waals surface area contributed by atoms with Crippen LogP contribution in [0.15, 0.2) is 42.5 Å². The van der Waals surface area contributed by atoms with Crippen LogP contribution in [0, 0.1) is 11.8 Å². The standard InChI is InChI=1S/C16H13ClN2O2/c17-13-5-1-4-12(10-13)11-16(21)19-15-8-2-6-14(18-15)7-3-9-20/h1-2,4-6,8,10,20H,9,11H2,(H,18,19,21). The molecular formula is C16H13ClN2O2. The summed E-state index contributed by atoms with van der Waals surface area (Å²) in [5.74, 6) is 5.43. The average molecular weight is 301 g/mol. The molecule has 0 aliphatic carbocycles. The largest absolute Gasteiger partial charge is 0.384 e. The van der Waals surface area contributed by atoms with Crippen molar-refractivity contribution in [1.82, 2.24) is 4.98 Å². The Kier molecular flexibility index (Phi) is 5.33. The number of rotatable bonds is 3. The van der Waals surface area contributed by atoms with Crippen LogP contribution in [0.5, 0.6) is 0 Å². The molecule has 5 heteroatoms. The highest BCUT2D eigenvalue weighted by Crippen LogP contribution is 2.12. The van der Waals surface area contributed by atoms with Crippen molar-refractivity contribution >= 4 is 23.3 Å². The summed E-state index contributed by atoms with van der Waals surface area (Å²) in [6.07, 6.45) is 0.217. The van der Waals surface area contributed by atoms with Gasteiger partial charge in [0, 0.05) is 5.02 Å². The smallest absolute Gasteiger partial charge is 0.229 e. The summed E-state index contributed by atoms with van der Waals surface area (Å²) in [4.78, 5) is 16.1. The van der Waals surface area contributed by atoms with Crippen molar-refractivity contribution in [3.05, 3.63) is 58.7 Å². The lowest BCUT2D eigenvalue weighted by Crippen LogP contribution is -2.15. The molecule has 0 bridgehead atoms. The minimum absolute atomic E-state index is 0.183. The Labute approximate surface area is 127 Å². The Morgan fingerprint density at radius 3 is 2.86 bits per heavy atom. The van der Waals surface area contributed by atoms with E-state index in [0.29, 0.717) is 16.5 Å². The second-order valence-corrected chi connectivity index (χ2v) is 4.66. The first kappa shape index (κ1) is 15.0. The van der Waals surface area contributed by atoms with E-state index >= 15 is 0 Å². The minimum Gasteiger partial charge on any atom is -0.384 e. The van der Waals surface area contributed by atoms with E-state index in [2.05, 4.69) is 22.1 Å². The molecule has 1 heterocycles. The number of carbonyl (C=O) groups is 1. The Morgan fingerprint density at radius 2 is 2.10 bits per heavy atom. The molecule has 2 aromatic rings. The quantitative estimate of drug-likeness (QED) is 0.855. The Balaban J connectivity index is 2.02. The van der Waals surface area contributed by atoms with E-state index in [1.54, 1.807) is 36.4 Å². The number of halogens is 1. The molecular weight excluding hydrogens is 288 g/mol. The zero-order valence-corrected chi connectivity index (χ0v) is 11.9. The van der Waals surface area contributed by atoms with E-state index in [-0.39, 0.29) is 18.9 Å². The number of anilines is 1. The maximum Gasteiger partial charge on any atom is 0.229 e. The molecule has 0 aliphatic rings. The molecule has 0 atom stereocenters. The predicted octanol–water partition coefficient (Wildman–Crippen LogP) is 2.26. The van der Waals surface area contributed by atoms with Gasteiger partial charge in [0.15, 0.2) is 0 Å². The van der Waals surface area contributed by atoms with Gasteiger partial charge in [-0.05, 0) is 35.7 Å². The molecule has 0 spiro atoms. The topological polar surface area (TPSA) is 62.2 Å². The average Bonchev–Trinajstić information content (AvgIpc) is 2.45. The molecule has 4 nitrogen and oxygen atoms in total. The van der Waals surface area contributed by atoms with Gasteiger partial charge in [-0.15, -0.1) is 0 Å². The van der Waals surface area contributed by atoms with Crippen molar-refractivity contribution in [2.45, 2.75) is 6.42 Å². The molecule has 106 valence electrons. The summed E-state index contributed by atoms with van der Waals surface area (Å²) in [5.41, 5.74) is 1.32. The number of carbonyl (C=O) groups excluding carboxylic acids is 1. The van der Waals surface area contributed by atoms with Crippen LogP contribution in [0.2, 0.25) is 5.02 Å². The van der Waals surface area contributed by atoms with Gasteiger partial charge >= 0.3 is 0 Å². The van der Waals surface area contributed by atoms with Crippen molar-refractivity contribution in [3.63, 3.8) is 0 Å². The van der Waals surface area contributed by atoms with E-state index in [0.717, 1.165) is 5.56 Å². The summed E-state index contributed by atoms with van der Waals surface area (Å²) < 4.78 is 0. The molecule has 0 aliphatic heterocycles. The molecule has 21 heavy (non-hydrogen) atoms. The zero-order chi connectivity index (χ0) is 15.1. The molecule has 0 saturated carbocycles. The van der Waals surface area contributed by atoms with Gasteiger partial charge in [0.25, 0.3) is 0 Å². The van der Waals surface area contributed by atoms with E-state index in [9.17, 15) is 4.79 Å². The van der Waals surface area contributed by atoms with Crippen molar-refractivity contribution in [2.75, 3.05) is 11.9 Å². The van der Waals surface area contributed by atoms with Gasteiger partial charge < -0.3 is 10.4 Å². The van der Waals surface area contributed by atoms with Gasteiger partial charge in [0.05, 0.1) is 6.42 Å². The molecule has 0 fully saturated rings. The number of aliphatic hydroxyl groups is 1. The van der Waals surface area contributed by atoms with Crippen LogP contribution in [0.3, 0.4) is 0 Å². The van der Waals surface area contributed by atoms with Gasteiger partial charge in [0.2, 0.25) is 5.91 Å². The molecule has 2 rings (SSSR count). The summed E-state index contributed by atoms with van der Waals surface area (Å²) in [5, 5.41) is 11.9. The van der Waals surface area contributed by atoms with Gasteiger partial charge in [-0.25, -0.2) is 4.98 Å². The number of hydrogen-bond acceptors (Lipinski definition) is 3. The van der Waals surface area contributed by atoms with Gasteiger partial charge in [-0.3, -0.25) is 4.79 Å². The normalized spacial score (nSPS) is 9.62. The van der Waals surface area contributed by atoms with Crippen LogP contribution in [0.25, 0.3) is 0 Å². The number of benzene rings is 1. The Morgan fingerprint density at radius 1 is 1.29 bits per heavy atom. The molecule has 1 aromatic heterocycles. The van der Waals surface area contributed by atoms with Crippen LogP contribution in [0.1, 0.15) is 11.3 Å². The SMILES string of the molecule is O=C(Cc1cccc(Cl)c1)Nc1cccc(C#CCO)n1. The monoisotopic (exact) mass is 300 g/mol. The number of amides is 1. The van der Waals surface area contributed by atoms with E-state index < -0.39 is 0 Å². The van der Waals surface area contributed by atoms with Crippen molar-refractivity contribution in [2.24, 2.45) is 0 Å². The highest BCUT2D eigenvalue weighted by Gasteiger charge is 2.05. The summed E-state index contributed by atoms with van der Waals surface area (Å²) >= 11 is 5.88. The number of aromatic nitrogens is 1. The van der Waals surface area contributed by atoms with Crippen molar-refractivity contribution in [3.8, 4) is 11.8 Å². The Bertz CT molecular complexity index is 705. The molecule has 1 amide bonds. The van der Waals surface area contributed by atoms with Crippen LogP contribution >= 0.6 is 11.6 Å². The fourth-order valence-corrected chi connectivity index (χ4v) is 1.94. The third kappa shape index (κ3) is 4.92. The van der Waals surface area contributed by atoms with E-state index in [1.807, 2.05) is 6.07 Å². The fourth-order valence-electron chi connectivity index (χ4n) is 1.72. The zero-order valence-electron chi connectivity index (χ0n) is 11.1. The lowest BCUT2D eigenvalue weighted by Gasteiger charge is -2.05. The van der Waals surface area contributed by atoms with Crippen LogP contribution in [-0.4, -0.2) is 22.6 Å². The second kappa shape index (κ2) is 7.44. The first-order chi connectivity index (χ1) is 10.2. The van der Waals surface area contributed by atoms with Gasteiger partial charge in [-0.2, -0.15) is 0 Å². The lowest BCUT2D eigenvalue weighted by molar-refractivity contribution is -0.115. The van der Waals surface area contributed by atoms with Crippen LogP contribution in [0.4, 0.5) is 5.82 Å². The van der Waals surface area contributed by atoms with E-state index in [1.165, 1.54) is 0 Å². The third-order valence-corrected chi connectivity index (χ3v) is 2.80. The first-order valence-corrected chi connectivity index (χ1v) is 6.66. The number of aliphatic hydroxyl groups excluding tert-OH is 1. The summed E-state index contributed by atoms with van der Waals surface area (Å²) in [7, 11) is 0. The second-order valence-electron chi connectivity index (χ2n) is 4.22. The maximum atomic E-state index is 11.9. The lowest BCUT2D eigenvalue weighted by atomic mass is 10.1. The van der Waals surface area contributed by atoms with Crippen molar-refractivity contribution in [1.29, 1.82) is 0 Å². The summed E-state index contributed by atoms with van der Waals surface area (Å²) in [6.45, 7) is -0.229. The van der Waals surface area contributed by atoms with Gasteiger partial charge in [0.1, 0.15) is 18.1 Å². The maximum absolute atomic E-state index is 11.9. The molecule has 0 saturated heterocycles. The number of nitrogens with zero attached hydrogens (tertiary/aromatic N) is 1. The highest BCUT2D eigenvalue weighted by molar-refractivity contribution is 6.30. The number of hydrogen-bond donors (Lipinski definition) is 2. The highest BCUT2D eigenvalue weighted by atomic mass is 35.5. The minimum atomic E-state index is -0.229. The van der Waals surface area contributed by atoms with Gasteiger partial charge in [-0.1, -0.05) is 35.7 Å². The molecule has 0 radical (unpaired) electrons. The predicted molar refractivity (Wildman–Crippen MR) is 82.0 cm³/mol. The summed E-state index contributed by atoms with van der Waals surface area (Å²) in [6, 6.07) is 12.3. The van der Waals surface area contributed by atoms with Crippen LogP contribution in [-0.2, 0) is 11.2 Å². The molecule has 0 unspecified atom stereocenters. The Hall–Kier alpha value is -2.35. The molecule has 1 aromatic carbocycles. The third-order valence-electron chi connectivity index (χ3n) is 2.57. The molecule has 2 N–H and O–H groups in total. The fraction of sp³-hybridized carbons (Fsp3) is 0.125. The van der Waals surface area contributed by atoms with Crippen LogP contribution < -0.4 is 5.32 Å². The number of nitrogens with one attached hydrogen (secondary N) is 1. The van der Waals surface area contributed by atoms with Crippen molar-refractivity contribution < 1.29 is 9.90 Å². The first-order valence-electron chi connectivity index (χ1n) is 6.28. The number of pyridine rings is 1.